The number of halogens is 3. The summed E-state index contributed by atoms with van der Waals surface area (Å²) in [7, 11) is 0. The van der Waals surface area contributed by atoms with Gasteiger partial charge in [0.05, 0.1) is 0 Å². The summed E-state index contributed by atoms with van der Waals surface area (Å²) in [6.07, 6.45) is -4.54. The Morgan fingerprint density at radius 2 is 0.936 bits per heavy atom. The molecule has 7 aromatic carbocycles. The van der Waals surface area contributed by atoms with Crippen molar-refractivity contribution in [1.82, 2.24) is 0 Å². The Morgan fingerprint density at radius 3 is 1.49 bits per heavy atom. The average Bonchev–Trinajstić information content (AvgIpc) is 3.09. The van der Waals surface area contributed by atoms with E-state index in [2.05, 4.69) is 49.4 Å². The topological polar surface area (TPSA) is 0 Å². The van der Waals surface area contributed by atoms with E-state index in [0.717, 1.165) is 71.6 Å². The molecule has 0 amide bonds. The van der Waals surface area contributed by atoms with Crippen molar-refractivity contribution in [1.29, 1.82) is 0 Å². The van der Waals surface area contributed by atoms with E-state index in [1.165, 1.54) is 6.92 Å². The lowest BCUT2D eigenvalue weighted by molar-refractivity contribution is -0.173. The van der Waals surface area contributed by atoms with E-state index >= 15 is 13.2 Å². The van der Waals surface area contributed by atoms with Gasteiger partial charge in [0.1, 0.15) is 5.41 Å². The van der Waals surface area contributed by atoms with Gasteiger partial charge in [-0.25, -0.2) is 0 Å². The predicted molar refractivity (Wildman–Crippen MR) is 191 cm³/mol. The SMILES string of the molecule is Cc1cc2cc(C(C)(c3ccc4c(C)c(-c5ccccc5)c(-c5ccccc5)c(C)c4c3)C(F)(F)F)ccc2cc1-c1ccccc1. The Hall–Kier alpha value is -5.15. The van der Waals surface area contributed by atoms with E-state index in [1.807, 2.05) is 86.6 Å². The van der Waals surface area contributed by atoms with Crippen LogP contribution in [0.4, 0.5) is 13.2 Å². The molecule has 0 aliphatic carbocycles. The summed E-state index contributed by atoms with van der Waals surface area (Å²) in [5.74, 6) is 0. The quantitative estimate of drug-likeness (QED) is 0.180. The molecule has 0 saturated carbocycles. The first-order chi connectivity index (χ1) is 22.6. The first kappa shape index (κ1) is 30.5. The minimum absolute atomic E-state index is 0.224. The van der Waals surface area contributed by atoms with Crippen molar-refractivity contribution in [2.75, 3.05) is 0 Å². The largest absolute Gasteiger partial charge is 0.402 e. The van der Waals surface area contributed by atoms with Gasteiger partial charge in [-0.2, -0.15) is 13.2 Å². The summed E-state index contributed by atoms with van der Waals surface area (Å²) >= 11 is 0. The van der Waals surface area contributed by atoms with E-state index in [-0.39, 0.29) is 11.1 Å². The molecule has 0 nitrogen and oxygen atoms in total. The van der Waals surface area contributed by atoms with Crippen molar-refractivity contribution in [2.45, 2.75) is 39.3 Å². The van der Waals surface area contributed by atoms with Gasteiger partial charge in [-0.15, -0.1) is 0 Å². The number of hydrogen-bond donors (Lipinski definition) is 0. The minimum atomic E-state index is -4.54. The van der Waals surface area contributed by atoms with Gasteiger partial charge >= 0.3 is 6.18 Å². The molecule has 0 bridgehead atoms. The Labute approximate surface area is 274 Å². The smallest absolute Gasteiger partial charge is 0.170 e. The number of rotatable bonds is 5. The number of aryl methyl sites for hydroxylation is 3. The number of benzene rings is 7. The molecule has 0 heterocycles. The van der Waals surface area contributed by atoms with Crippen LogP contribution in [0.5, 0.6) is 0 Å². The van der Waals surface area contributed by atoms with Crippen LogP contribution < -0.4 is 0 Å². The van der Waals surface area contributed by atoms with Crippen molar-refractivity contribution in [3.8, 4) is 33.4 Å². The van der Waals surface area contributed by atoms with Gasteiger partial charge in [-0.3, -0.25) is 0 Å². The Kier molecular flexibility index (Phi) is 7.51. The van der Waals surface area contributed by atoms with Crippen LogP contribution in [0.3, 0.4) is 0 Å². The van der Waals surface area contributed by atoms with Crippen LogP contribution in [0.2, 0.25) is 0 Å². The molecular formula is C44H35F3. The van der Waals surface area contributed by atoms with E-state index in [4.69, 9.17) is 0 Å². The highest BCUT2D eigenvalue weighted by molar-refractivity contribution is 6.03. The van der Waals surface area contributed by atoms with Crippen LogP contribution in [0.25, 0.3) is 54.9 Å². The van der Waals surface area contributed by atoms with Crippen LogP contribution in [0, 0.1) is 20.8 Å². The van der Waals surface area contributed by atoms with Crippen LogP contribution in [0.1, 0.15) is 34.7 Å². The van der Waals surface area contributed by atoms with Gasteiger partial charge in [0.15, 0.2) is 0 Å². The van der Waals surface area contributed by atoms with Gasteiger partial charge in [-0.05, 0) is 129 Å². The zero-order valence-electron chi connectivity index (χ0n) is 26.9. The zero-order valence-corrected chi connectivity index (χ0v) is 26.9. The summed E-state index contributed by atoms with van der Waals surface area (Å²) in [4.78, 5) is 0. The monoisotopic (exact) mass is 620 g/mol. The normalized spacial score (nSPS) is 13.2. The molecule has 47 heavy (non-hydrogen) atoms. The molecule has 0 aliphatic rings. The highest BCUT2D eigenvalue weighted by Crippen LogP contribution is 2.49. The first-order valence-corrected chi connectivity index (χ1v) is 15.9. The third-order valence-electron chi connectivity index (χ3n) is 9.94. The molecule has 232 valence electrons. The maximum Gasteiger partial charge on any atom is 0.402 e. The highest BCUT2D eigenvalue weighted by Gasteiger charge is 2.53. The van der Waals surface area contributed by atoms with Gasteiger partial charge in [-0.1, -0.05) is 121 Å². The second kappa shape index (κ2) is 11.6. The molecule has 1 unspecified atom stereocenters. The lowest BCUT2D eigenvalue weighted by Crippen LogP contribution is -2.40. The molecule has 0 aliphatic heterocycles. The van der Waals surface area contributed by atoms with Gasteiger partial charge in [0.25, 0.3) is 0 Å². The molecule has 0 aromatic heterocycles. The van der Waals surface area contributed by atoms with E-state index in [0.29, 0.717) is 0 Å². The fraction of sp³-hybridized carbons (Fsp3) is 0.136. The van der Waals surface area contributed by atoms with Crippen LogP contribution in [-0.2, 0) is 5.41 Å². The summed E-state index contributed by atoms with van der Waals surface area (Å²) in [5.41, 5.74) is 7.69. The summed E-state index contributed by atoms with van der Waals surface area (Å²) in [5, 5.41) is 3.49. The number of alkyl halides is 3. The van der Waals surface area contributed by atoms with Crippen LogP contribution in [0.15, 0.2) is 140 Å². The van der Waals surface area contributed by atoms with Crippen LogP contribution >= 0.6 is 0 Å². The van der Waals surface area contributed by atoms with E-state index in [1.54, 1.807) is 24.3 Å². The molecule has 7 aromatic rings. The van der Waals surface area contributed by atoms with Crippen molar-refractivity contribution >= 4 is 21.5 Å². The second-order valence-electron chi connectivity index (χ2n) is 12.7. The Balaban J connectivity index is 1.44. The van der Waals surface area contributed by atoms with Gasteiger partial charge < -0.3 is 0 Å². The maximum atomic E-state index is 15.5. The average molecular weight is 621 g/mol. The first-order valence-electron chi connectivity index (χ1n) is 15.9. The summed E-state index contributed by atoms with van der Waals surface area (Å²) < 4.78 is 46.4. The predicted octanol–water partition coefficient (Wildman–Crippen LogP) is 12.8. The van der Waals surface area contributed by atoms with Crippen molar-refractivity contribution in [3.05, 3.63) is 167 Å². The number of fused-ring (bicyclic) bond motifs is 2. The van der Waals surface area contributed by atoms with Gasteiger partial charge in [0, 0.05) is 0 Å². The third-order valence-corrected chi connectivity index (χ3v) is 9.94. The zero-order chi connectivity index (χ0) is 32.9. The molecule has 0 spiro atoms. The third kappa shape index (κ3) is 5.11. The standard InChI is InChI=1S/C44H35F3/c1-28-24-35-25-36(21-20-34(35)26-39(28)31-14-8-5-9-15-31)43(4,44(45,46)47)37-22-23-38-29(2)41(32-16-10-6-11-17-32)42(30(3)40(38)27-37)33-18-12-7-13-19-33/h5-27H,1-4H3. The molecule has 0 fully saturated rings. The number of hydrogen-bond acceptors (Lipinski definition) is 0. The van der Waals surface area contributed by atoms with Crippen LogP contribution in [-0.4, -0.2) is 6.18 Å². The van der Waals surface area contributed by atoms with E-state index in [9.17, 15) is 0 Å². The molecule has 1 atom stereocenters. The fourth-order valence-electron chi connectivity index (χ4n) is 7.21. The lowest BCUT2D eigenvalue weighted by Gasteiger charge is -2.34. The van der Waals surface area contributed by atoms with Crippen molar-refractivity contribution < 1.29 is 13.2 Å². The Morgan fingerprint density at radius 1 is 0.447 bits per heavy atom. The molecular weight excluding hydrogens is 585 g/mol. The van der Waals surface area contributed by atoms with E-state index < -0.39 is 11.6 Å². The van der Waals surface area contributed by atoms with Gasteiger partial charge in [0.2, 0.25) is 0 Å². The lowest BCUT2D eigenvalue weighted by atomic mass is 9.73. The molecule has 0 saturated heterocycles. The summed E-state index contributed by atoms with van der Waals surface area (Å²) in [6, 6.07) is 45.1. The fourth-order valence-corrected chi connectivity index (χ4v) is 7.21. The molecule has 3 heteroatoms. The van der Waals surface area contributed by atoms with Crippen molar-refractivity contribution in [3.63, 3.8) is 0 Å². The molecule has 0 N–H and O–H groups in total. The maximum absolute atomic E-state index is 15.5. The molecule has 7 rings (SSSR count). The minimum Gasteiger partial charge on any atom is -0.170 e. The summed E-state index contributed by atoms with van der Waals surface area (Å²) in [6.45, 7) is 7.45. The highest BCUT2D eigenvalue weighted by atomic mass is 19.4. The second-order valence-corrected chi connectivity index (χ2v) is 12.7. The van der Waals surface area contributed by atoms with Crippen molar-refractivity contribution in [2.24, 2.45) is 0 Å². The molecule has 0 radical (unpaired) electrons. The Bertz CT molecular complexity index is 2250.